The van der Waals surface area contributed by atoms with Crippen molar-refractivity contribution in [3.63, 3.8) is 0 Å². The molecule has 0 heterocycles. The van der Waals surface area contributed by atoms with Crippen molar-refractivity contribution in [1.29, 1.82) is 0 Å². The molecule has 0 fully saturated rings. The lowest BCUT2D eigenvalue weighted by Gasteiger charge is -2.21. The molecule has 6 heteroatoms. The molecule has 21 heavy (non-hydrogen) atoms. The maximum absolute atomic E-state index is 12.2. The predicted octanol–water partition coefficient (Wildman–Crippen LogP) is 3.36. The maximum atomic E-state index is 12.2. The predicted molar refractivity (Wildman–Crippen MR) is 89.2 cm³/mol. The number of amides is 1. The third-order valence-electron chi connectivity index (χ3n) is 3.53. The summed E-state index contributed by atoms with van der Waals surface area (Å²) in [5, 5.41) is 4.66. The first-order valence-electron chi connectivity index (χ1n) is 6.31. The lowest BCUT2D eigenvalue weighted by atomic mass is 10.1. The minimum absolute atomic E-state index is 0.540. The highest BCUT2D eigenvalue weighted by atomic mass is 79.9. The highest BCUT2D eigenvalue weighted by Crippen LogP contribution is 2.24. The number of hydrogen-bond donors (Lipinski definition) is 1. The standard InChI is InChI=1S/C15H16BrNO3S/c1-15(2,21(3,19)20)14(18)17-13-7-5-10-8-12(16)6-4-11(10)9-13/h4-9H,1-3H3,(H,17,18). The van der Waals surface area contributed by atoms with Crippen LogP contribution in [0.3, 0.4) is 0 Å². The second kappa shape index (κ2) is 5.42. The summed E-state index contributed by atoms with van der Waals surface area (Å²) in [6, 6.07) is 11.3. The second-order valence-electron chi connectivity index (χ2n) is 5.44. The number of nitrogens with one attached hydrogen (secondary N) is 1. The molecule has 0 unspecified atom stereocenters. The molecule has 2 aromatic rings. The van der Waals surface area contributed by atoms with E-state index in [0.29, 0.717) is 5.69 Å². The number of sulfone groups is 1. The lowest BCUT2D eigenvalue weighted by Crippen LogP contribution is -2.43. The Balaban J connectivity index is 2.32. The molecule has 0 aliphatic heterocycles. The number of anilines is 1. The van der Waals surface area contributed by atoms with Crippen LogP contribution in [-0.2, 0) is 14.6 Å². The molecule has 0 aromatic heterocycles. The Hall–Kier alpha value is -1.40. The number of rotatable bonds is 3. The zero-order valence-corrected chi connectivity index (χ0v) is 14.4. The highest BCUT2D eigenvalue weighted by molar-refractivity contribution is 9.10. The molecule has 0 aliphatic rings. The van der Waals surface area contributed by atoms with Crippen molar-refractivity contribution in [3.8, 4) is 0 Å². The molecule has 0 saturated carbocycles. The molecule has 0 radical (unpaired) electrons. The summed E-state index contributed by atoms with van der Waals surface area (Å²) in [5.41, 5.74) is 0.576. The molecule has 0 bridgehead atoms. The summed E-state index contributed by atoms with van der Waals surface area (Å²) in [6.45, 7) is 2.80. The fraction of sp³-hybridized carbons (Fsp3) is 0.267. The molecule has 0 saturated heterocycles. The largest absolute Gasteiger partial charge is 0.325 e. The van der Waals surface area contributed by atoms with Crippen LogP contribution >= 0.6 is 15.9 Å². The third-order valence-corrected chi connectivity index (χ3v) is 6.07. The van der Waals surface area contributed by atoms with Crippen LogP contribution in [0.5, 0.6) is 0 Å². The topological polar surface area (TPSA) is 63.2 Å². The van der Waals surface area contributed by atoms with Crippen LogP contribution in [0.2, 0.25) is 0 Å². The Morgan fingerprint density at radius 3 is 2.29 bits per heavy atom. The van der Waals surface area contributed by atoms with E-state index < -0.39 is 20.5 Å². The van der Waals surface area contributed by atoms with Gasteiger partial charge in [0.2, 0.25) is 5.91 Å². The summed E-state index contributed by atoms with van der Waals surface area (Å²) >= 11 is 3.40. The quantitative estimate of drug-likeness (QED) is 0.901. The van der Waals surface area contributed by atoms with E-state index in [9.17, 15) is 13.2 Å². The van der Waals surface area contributed by atoms with Crippen molar-refractivity contribution in [2.24, 2.45) is 0 Å². The van der Waals surface area contributed by atoms with Crippen molar-refractivity contribution < 1.29 is 13.2 Å². The van der Waals surface area contributed by atoms with Crippen molar-refractivity contribution in [2.75, 3.05) is 11.6 Å². The third kappa shape index (κ3) is 3.27. The van der Waals surface area contributed by atoms with Gasteiger partial charge in [0.25, 0.3) is 0 Å². The molecule has 2 aromatic carbocycles. The Morgan fingerprint density at radius 1 is 1.10 bits per heavy atom. The summed E-state index contributed by atoms with van der Waals surface area (Å²) in [5.74, 6) is -0.540. The van der Waals surface area contributed by atoms with Crippen LogP contribution in [0.4, 0.5) is 5.69 Å². The molecule has 2 rings (SSSR count). The van der Waals surface area contributed by atoms with Gasteiger partial charge in [-0.3, -0.25) is 4.79 Å². The van der Waals surface area contributed by atoms with E-state index in [2.05, 4.69) is 21.2 Å². The Bertz CT molecular complexity index is 813. The molecule has 0 spiro atoms. The zero-order chi connectivity index (χ0) is 15.8. The van der Waals surface area contributed by atoms with Crippen molar-refractivity contribution >= 4 is 48.1 Å². The van der Waals surface area contributed by atoms with Crippen LogP contribution in [0.15, 0.2) is 40.9 Å². The van der Waals surface area contributed by atoms with Crippen molar-refractivity contribution in [3.05, 3.63) is 40.9 Å². The molecule has 0 atom stereocenters. The number of benzene rings is 2. The monoisotopic (exact) mass is 369 g/mol. The summed E-state index contributed by atoms with van der Waals surface area (Å²) in [4.78, 5) is 12.2. The average Bonchev–Trinajstić information content (AvgIpc) is 2.37. The minimum Gasteiger partial charge on any atom is -0.325 e. The van der Waals surface area contributed by atoms with Gasteiger partial charge in [0.1, 0.15) is 4.75 Å². The minimum atomic E-state index is -3.49. The number of halogens is 1. The van der Waals surface area contributed by atoms with E-state index in [1.165, 1.54) is 13.8 Å². The molecule has 4 nitrogen and oxygen atoms in total. The van der Waals surface area contributed by atoms with Crippen LogP contribution in [0.1, 0.15) is 13.8 Å². The summed E-state index contributed by atoms with van der Waals surface area (Å²) in [6.07, 6.45) is 1.06. The van der Waals surface area contributed by atoms with Gasteiger partial charge in [0.05, 0.1) is 0 Å². The van der Waals surface area contributed by atoms with Gasteiger partial charge in [-0.25, -0.2) is 8.42 Å². The fourth-order valence-corrected chi connectivity index (χ4v) is 2.51. The van der Waals surface area contributed by atoms with Gasteiger partial charge >= 0.3 is 0 Å². The average molecular weight is 370 g/mol. The van der Waals surface area contributed by atoms with Gasteiger partial charge in [0, 0.05) is 16.4 Å². The number of carbonyl (C=O) groups excluding carboxylic acids is 1. The van der Waals surface area contributed by atoms with Gasteiger partial charge in [-0.1, -0.05) is 28.1 Å². The smallest absolute Gasteiger partial charge is 0.245 e. The van der Waals surface area contributed by atoms with Gasteiger partial charge in [-0.15, -0.1) is 0 Å². The van der Waals surface area contributed by atoms with E-state index in [0.717, 1.165) is 21.5 Å². The zero-order valence-electron chi connectivity index (χ0n) is 12.0. The van der Waals surface area contributed by atoms with Crippen molar-refractivity contribution in [1.82, 2.24) is 0 Å². The maximum Gasteiger partial charge on any atom is 0.245 e. The first-order chi connectivity index (χ1) is 9.61. The van der Waals surface area contributed by atoms with E-state index in [4.69, 9.17) is 0 Å². The summed E-state index contributed by atoms with van der Waals surface area (Å²) in [7, 11) is -3.49. The van der Waals surface area contributed by atoms with E-state index in [1.54, 1.807) is 6.07 Å². The number of hydrogen-bond acceptors (Lipinski definition) is 3. The van der Waals surface area contributed by atoms with Crippen LogP contribution in [0, 0.1) is 0 Å². The summed E-state index contributed by atoms with van der Waals surface area (Å²) < 4.78 is 22.8. The Morgan fingerprint density at radius 2 is 1.67 bits per heavy atom. The molecule has 1 N–H and O–H groups in total. The van der Waals surface area contributed by atoms with Gasteiger partial charge in [0.15, 0.2) is 9.84 Å². The Labute approximate surface area is 132 Å². The molecular formula is C15H16BrNO3S. The second-order valence-corrected chi connectivity index (χ2v) is 8.92. The van der Waals surface area contributed by atoms with Crippen LogP contribution in [0.25, 0.3) is 10.8 Å². The van der Waals surface area contributed by atoms with Gasteiger partial charge < -0.3 is 5.32 Å². The first-order valence-corrected chi connectivity index (χ1v) is 9.00. The normalized spacial score (nSPS) is 12.4. The van der Waals surface area contributed by atoms with Crippen LogP contribution < -0.4 is 5.32 Å². The molecule has 112 valence electrons. The highest BCUT2D eigenvalue weighted by Gasteiger charge is 2.38. The number of carbonyl (C=O) groups is 1. The van der Waals surface area contributed by atoms with Crippen LogP contribution in [-0.4, -0.2) is 25.3 Å². The van der Waals surface area contributed by atoms with Gasteiger partial charge in [-0.2, -0.15) is 0 Å². The molecule has 1 amide bonds. The van der Waals surface area contributed by atoms with E-state index in [-0.39, 0.29) is 0 Å². The fourth-order valence-electron chi connectivity index (χ4n) is 1.74. The van der Waals surface area contributed by atoms with E-state index >= 15 is 0 Å². The number of fused-ring (bicyclic) bond motifs is 1. The molecular weight excluding hydrogens is 354 g/mol. The lowest BCUT2D eigenvalue weighted by molar-refractivity contribution is -0.117. The van der Waals surface area contributed by atoms with Gasteiger partial charge in [-0.05, 0) is 48.9 Å². The molecule has 0 aliphatic carbocycles. The van der Waals surface area contributed by atoms with E-state index in [1.807, 2.05) is 30.3 Å². The first kappa shape index (κ1) is 16.0. The Kier molecular flexibility index (Phi) is 4.13. The van der Waals surface area contributed by atoms with Crippen molar-refractivity contribution in [2.45, 2.75) is 18.6 Å². The SMILES string of the molecule is CC(C)(C(=O)Nc1ccc2cc(Br)ccc2c1)S(C)(=O)=O.